The topological polar surface area (TPSA) is 81.1 Å². The fourth-order valence-electron chi connectivity index (χ4n) is 2.58. The Bertz CT molecular complexity index is 931. The molecule has 5 nitrogen and oxygen atoms in total. The molecule has 0 atom stereocenters. The first kappa shape index (κ1) is 15.3. The third-order valence-electron chi connectivity index (χ3n) is 3.63. The van der Waals surface area contributed by atoms with Crippen molar-refractivity contribution in [3.8, 4) is 5.69 Å². The van der Waals surface area contributed by atoms with Crippen LogP contribution in [0.1, 0.15) is 15.9 Å². The summed E-state index contributed by atoms with van der Waals surface area (Å²) in [6.07, 6.45) is 1.77. The summed E-state index contributed by atoms with van der Waals surface area (Å²) >= 11 is 3.43. The highest BCUT2D eigenvalue weighted by molar-refractivity contribution is 9.10. The van der Waals surface area contributed by atoms with Crippen LogP contribution in [0.5, 0.6) is 0 Å². The number of ether oxygens (including phenoxy) is 1. The van der Waals surface area contributed by atoms with E-state index in [-0.39, 0.29) is 5.84 Å². The van der Waals surface area contributed by atoms with Gasteiger partial charge in [-0.25, -0.2) is 4.79 Å². The van der Waals surface area contributed by atoms with Crippen molar-refractivity contribution in [3.05, 3.63) is 64.3 Å². The van der Waals surface area contributed by atoms with Gasteiger partial charge in [0.15, 0.2) is 0 Å². The number of fused-ring (bicyclic) bond motifs is 1. The molecule has 0 radical (unpaired) electrons. The van der Waals surface area contributed by atoms with Crippen molar-refractivity contribution in [2.75, 3.05) is 7.11 Å². The lowest BCUT2D eigenvalue weighted by Gasteiger charge is -2.11. The molecular weight excluding hydrogens is 358 g/mol. The van der Waals surface area contributed by atoms with Gasteiger partial charge in [0.2, 0.25) is 0 Å². The zero-order valence-electron chi connectivity index (χ0n) is 12.3. The molecule has 23 heavy (non-hydrogen) atoms. The monoisotopic (exact) mass is 371 g/mol. The van der Waals surface area contributed by atoms with Crippen LogP contribution in [-0.2, 0) is 4.74 Å². The molecule has 6 heteroatoms. The van der Waals surface area contributed by atoms with Gasteiger partial charge in [-0.05, 0) is 24.3 Å². The van der Waals surface area contributed by atoms with E-state index in [2.05, 4.69) is 15.9 Å². The summed E-state index contributed by atoms with van der Waals surface area (Å²) in [7, 11) is 1.35. The normalized spacial score (nSPS) is 10.7. The fraction of sp³-hybridized carbons (Fsp3) is 0.0588. The van der Waals surface area contributed by atoms with Crippen molar-refractivity contribution in [2.45, 2.75) is 0 Å². The van der Waals surface area contributed by atoms with E-state index in [4.69, 9.17) is 15.9 Å². The number of nitrogens with one attached hydrogen (secondary N) is 1. The largest absolute Gasteiger partial charge is 0.465 e. The van der Waals surface area contributed by atoms with Gasteiger partial charge in [0.05, 0.1) is 23.9 Å². The second-order valence-electron chi connectivity index (χ2n) is 5.00. The first-order valence-electron chi connectivity index (χ1n) is 6.85. The van der Waals surface area contributed by atoms with Crippen molar-refractivity contribution < 1.29 is 9.53 Å². The number of nitrogen functional groups attached to an aromatic ring is 1. The number of amidine groups is 1. The number of nitrogens with zero attached hydrogens (tertiary/aromatic N) is 1. The van der Waals surface area contributed by atoms with Gasteiger partial charge in [-0.1, -0.05) is 34.1 Å². The first-order valence-corrected chi connectivity index (χ1v) is 7.65. The summed E-state index contributed by atoms with van der Waals surface area (Å²) in [5, 5.41) is 8.63. The van der Waals surface area contributed by atoms with E-state index in [1.54, 1.807) is 18.3 Å². The average molecular weight is 372 g/mol. The minimum Gasteiger partial charge on any atom is -0.465 e. The Balaban J connectivity index is 2.36. The molecule has 0 aliphatic carbocycles. The second-order valence-corrected chi connectivity index (χ2v) is 5.91. The van der Waals surface area contributed by atoms with Gasteiger partial charge in [0.25, 0.3) is 0 Å². The SMILES string of the molecule is COC(=O)c1ccc(Br)cc1-n1cc(C(=N)N)c2ccccc21. The maximum absolute atomic E-state index is 12.1. The molecule has 1 heterocycles. The Morgan fingerprint density at radius 1 is 1.22 bits per heavy atom. The van der Waals surface area contributed by atoms with Crippen LogP contribution in [0.4, 0.5) is 0 Å². The molecule has 0 saturated carbocycles. The van der Waals surface area contributed by atoms with E-state index in [1.807, 2.05) is 34.9 Å². The minimum absolute atomic E-state index is 0.0189. The predicted octanol–water partition coefficient (Wildman–Crippen LogP) is 3.46. The average Bonchev–Trinajstić information content (AvgIpc) is 2.94. The summed E-state index contributed by atoms with van der Waals surface area (Å²) in [6, 6.07) is 12.9. The Hall–Kier alpha value is -2.60. The van der Waals surface area contributed by atoms with Gasteiger partial charge >= 0.3 is 5.97 Å². The van der Waals surface area contributed by atoms with Gasteiger partial charge < -0.3 is 15.0 Å². The number of para-hydroxylation sites is 1. The van der Waals surface area contributed by atoms with Crippen LogP contribution in [0.2, 0.25) is 0 Å². The van der Waals surface area contributed by atoms with Crippen molar-refractivity contribution in [2.24, 2.45) is 5.73 Å². The highest BCUT2D eigenvalue weighted by Crippen LogP contribution is 2.28. The van der Waals surface area contributed by atoms with E-state index in [9.17, 15) is 4.79 Å². The van der Waals surface area contributed by atoms with E-state index < -0.39 is 5.97 Å². The van der Waals surface area contributed by atoms with E-state index in [1.165, 1.54) is 7.11 Å². The van der Waals surface area contributed by atoms with E-state index in [0.29, 0.717) is 16.8 Å². The molecule has 2 aromatic carbocycles. The lowest BCUT2D eigenvalue weighted by Crippen LogP contribution is -2.10. The van der Waals surface area contributed by atoms with Crippen molar-refractivity contribution in [1.82, 2.24) is 4.57 Å². The summed E-state index contributed by atoms with van der Waals surface area (Å²) in [4.78, 5) is 12.1. The molecule has 3 aromatic rings. The van der Waals surface area contributed by atoms with Crippen LogP contribution >= 0.6 is 15.9 Å². The van der Waals surface area contributed by atoms with Gasteiger partial charge in [0.1, 0.15) is 5.84 Å². The molecule has 0 amide bonds. The number of aromatic nitrogens is 1. The number of benzene rings is 2. The molecule has 3 rings (SSSR count). The number of carbonyl (C=O) groups excluding carboxylic acids is 1. The number of halogens is 1. The Morgan fingerprint density at radius 2 is 1.96 bits per heavy atom. The molecule has 0 aliphatic rings. The zero-order valence-corrected chi connectivity index (χ0v) is 13.9. The summed E-state index contributed by atoms with van der Waals surface area (Å²) < 4.78 is 7.56. The maximum Gasteiger partial charge on any atom is 0.339 e. The predicted molar refractivity (Wildman–Crippen MR) is 93.3 cm³/mol. The number of rotatable bonds is 3. The number of methoxy groups -OCH3 is 1. The molecule has 0 fully saturated rings. The number of hydrogen-bond acceptors (Lipinski definition) is 3. The molecule has 0 unspecified atom stereocenters. The highest BCUT2D eigenvalue weighted by Gasteiger charge is 2.17. The van der Waals surface area contributed by atoms with Crippen LogP contribution in [0.25, 0.3) is 16.6 Å². The van der Waals surface area contributed by atoms with Gasteiger partial charge in [-0.2, -0.15) is 0 Å². The number of hydrogen-bond donors (Lipinski definition) is 2. The standard InChI is InChI=1S/C17H14BrN3O2/c1-23-17(22)12-7-6-10(18)8-15(12)21-9-13(16(19)20)11-4-2-3-5-14(11)21/h2-9H,1H3,(H3,19,20). The van der Waals surface area contributed by atoms with Crippen LogP contribution in [0.15, 0.2) is 53.1 Å². The lowest BCUT2D eigenvalue weighted by molar-refractivity contribution is 0.0601. The van der Waals surface area contributed by atoms with Crippen molar-refractivity contribution >= 4 is 38.6 Å². The van der Waals surface area contributed by atoms with Crippen molar-refractivity contribution in [1.29, 1.82) is 5.41 Å². The van der Waals surface area contributed by atoms with Gasteiger partial charge in [-0.15, -0.1) is 0 Å². The molecule has 3 N–H and O–H groups in total. The quantitative estimate of drug-likeness (QED) is 0.420. The zero-order chi connectivity index (χ0) is 16.6. The van der Waals surface area contributed by atoms with Crippen LogP contribution in [-0.4, -0.2) is 23.5 Å². The molecule has 0 bridgehead atoms. The third-order valence-corrected chi connectivity index (χ3v) is 4.12. The van der Waals surface area contributed by atoms with Crippen LogP contribution < -0.4 is 5.73 Å². The van der Waals surface area contributed by atoms with E-state index >= 15 is 0 Å². The van der Waals surface area contributed by atoms with Gasteiger partial charge in [0, 0.05) is 21.6 Å². The third kappa shape index (κ3) is 2.61. The van der Waals surface area contributed by atoms with Gasteiger partial charge in [-0.3, -0.25) is 5.41 Å². The number of carbonyl (C=O) groups is 1. The minimum atomic E-state index is -0.422. The fourth-order valence-corrected chi connectivity index (χ4v) is 2.93. The molecular formula is C17H14BrN3O2. The van der Waals surface area contributed by atoms with Crippen LogP contribution in [0, 0.1) is 5.41 Å². The Kier molecular flexibility index (Phi) is 3.92. The summed E-state index contributed by atoms with van der Waals surface area (Å²) in [5.41, 5.74) is 8.28. The number of nitrogens with two attached hydrogens (primary N) is 1. The summed E-state index contributed by atoms with van der Waals surface area (Å²) in [6.45, 7) is 0. The smallest absolute Gasteiger partial charge is 0.339 e. The Labute approximate surface area is 141 Å². The van der Waals surface area contributed by atoms with Crippen LogP contribution in [0.3, 0.4) is 0 Å². The molecule has 116 valence electrons. The Morgan fingerprint density at radius 3 is 2.65 bits per heavy atom. The van der Waals surface area contributed by atoms with Crippen molar-refractivity contribution in [3.63, 3.8) is 0 Å². The van der Waals surface area contributed by atoms with E-state index in [0.717, 1.165) is 15.4 Å². The maximum atomic E-state index is 12.1. The number of esters is 1. The second kappa shape index (κ2) is 5.89. The lowest BCUT2D eigenvalue weighted by atomic mass is 10.1. The molecule has 0 spiro atoms. The molecule has 0 saturated heterocycles. The first-order chi connectivity index (χ1) is 11.0. The highest BCUT2D eigenvalue weighted by atomic mass is 79.9. The molecule has 1 aromatic heterocycles. The summed E-state index contributed by atoms with van der Waals surface area (Å²) in [5.74, 6) is -0.441. The molecule has 0 aliphatic heterocycles.